The maximum Gasteiger partial charge on any atom is 0.166 e. The summed E-state index contributed by atoms with van der Waals surface area (Å²) >= 11 is 0. The Kier molecular flexibility index (Phi) is 2.14. The second-order valence-corrected chi connectivity index (χ2v) is 3.14. The second kappa shape index (κ2) is 3.46. The largest absolute Gasteiger partial charge is 0.313 e. The van der Waals surface area contributed by atoms with E-state index in [1.54, 1.807) is 18.5 Å². The number of hydrogen-bond acceptors (Lipinski definition) is 2. The number of rotatable bonds is 2. The standard InChI is InChI=1S/C11H10N2O/c1-9-5-11(7-12-6-9)13-4-2-3-10(13)8-14/h2-8H,1H3. The van der Waals surface area contributed by atoms with E-state index >= 15 is 0 Å². The van der Waals surface area contributed by atoms with Crippen LogP contribution in [0.4, 0.5) is 0 Å². The first-order valence-corrected chi connectivity index (χ1v) is 4.36. The van der Waals surface area contributed by atoms with Crippen LogP contribution in [0.2, 0.25) is 0 Å². The average molecular weight is 186 g/mol. The Morgan fingerprint density at radius 2 is 2.29 bits per heavy atom. The smallest absolute Gasteiger partial charge is 0.166 e. The molecule has 0 saturated heterocycles. The zero-order valence-corrected chi connectivity index (χ0v) is 7.84. The van der Waals surface area contributed by atoms with Gasteiger partial charge in [-0.15, -0.1) is 0 Å². The molecule has 0 spiro atoms. The molecule has 14 heavy (non-hydrogen) atoms. The molecule has 0 aliphatic rings. The van der Waals surface area contributed by atoms with Crippen molar-refractivity contribution in [2.45, 2.75) is 6.92 Å². The van der Waals surface area contributed by atoms with Crippen LogP contribution >= 0.6 is 0 Å². The van der Waals surface area contributed by atoms with Crippen molar-refractivity contribution in [3.05, 3.63) is 48.0 Å². The van der Waals surface area contributed by atoms with Crippen molar-refractivity contribution in [2.24, 2.45) is 0 Å². The first kappa shape index (κ1) is 8.69. The predicted molar refractivity (Wildman–Crippen MR) is 53.7 cm³/mol. The summed E-state index contributed by atoms with van der Waals surface area (Å²) in [5, 5.41) is 0. The summed E-state index contributed by atoms with van der Waals surface area (Å²) in [6, 6.07) is 5.60. The van der Waals surface area contributed by atoms with Gasteiger partial charge in [-0.05, 0) is 30.7 Å². The lowest BCUT2D eigenvalue weighted by Crippen LogP contribution is -1.98. The van der Waals surface area contributed by atoms with E-state index in [1.165, 1.54) is 0 Å². The van der Waals surface area contributed by atoms with Crippen LogP contribution in [0.5, 0.6) is 0 Å². The molecule has 0 aliphatic heterocycles. The Morgan fingerprint density at radius 3 is 3.00 bits per heavy atom. The number of carbonyl (C=O) groups is 1. The highest BCUT2D eigenvalue weighted by molar-refractivity contribution is 5.73. The van der Waals surface area contributed by atoms with Gasteiger partial charge in [0.15, 0.2) is 6.29 Å². The van der Waals surface area contributed by atoms with Gasteiger partial charge in [0.2, 0.25) is 0 Å². The van der Waals surface area contributed by atoms with E-state index in [0.717, 1.165) is 17.5 Å². The van der Waals surface area contributed by atoms with Crippen molar-refractivity contribution in [3.63, 3.8) is 0 Å². The molecule has 0 saturated carbocycles. The molecule has 2 rings (SSSR count). The lowest BCUT2D eigenvalue weighted by molar-refractivity contribution is 0.111. The minimum absolute atomic E-state index is 0.636. The molecule has 0 amide bonds. The van der Waals surface area contributed by atoms with Crippen molar-refractivity contribution in [2.75, 3.05) is 0 Å². The molecule has 70 valence electrons. The van der Waals surface area contributed by atoms with E-state index in [4.69, 9.17) is 0 Å². The van der Waals surface area contributed by atoms with Crippen LogP contribution in [0.25, 0.3) is 5.69 Å². The van der Waals surface area contributed by atoms with Crippen LogP contribution in [-0.2, 0) is 0 Å². The highest BCUT2D eigenvalue weighted by Gasteiger charge is 2.01. The fraction of sp³-hybridized carbons (Fsp3) is 0.0909. The first-order valence-electron chi connectivity index (χ1n) is 4.36. The molecule has 0 N–H and O–H groups in total. The van der Waals surface area contributed by atoms with Crippen LogP contribution in [0.1, 0.15) is 16.1 Å². The van der Waals surface area contributed by atoms with Crippen LogP contribution < -0.4 is 0 Å². The number of pyridine rings is 1. The van der Waals surface area contributed by atoms with Gasteiger partial charge in [0.1, 0.15) is 0 Å². The van der Waals surface area contributed by atoms with E-state index in [9.17, 15) is 4.79 Å². The Balaban J connectivity index is 2.54. The van der Waals surface area contributed by atoms with Gasteiger partial charge in [-0.3, -0.25) is 9.78 Å². The number of nitrogens with zero attached hydrogens (tertiary/aromatic N) is 2. The molecule has 2 aromatic heterocycles. The molecule has 0 bridgehead atoms. The fourth-order valence-corrected chi connectivity index (χ4v) is 1.40. The lowest BCUT2D eigenvalue weighted by atomic mass is 10.3. The van der Waals surface area contributed by atoms with Gasteiger partial charge in [0, 0.05) is 12.4 Å². The monoisotopic (exact) mass is 186 g/mol. The van der Waals surface area contributed by atoms with E-state index < -0.39 is 0 Å². The van der Waals surface area contributed by atoms with E-state index in [1.807, 2.05) is 29.8 Å². The number of carbonyl (C=O) groups excluding carboxylic acids is 1. The quantitative estimate of drug-likeness (QED) is 0.672. The molecular weight excluding hydrogens is 176 g/mol. The van der Waals surface area contributed by atoms with Gasteiger partial charge in [-0.2, -0.15) is 0 Å². The van der Waals surface area contributed by atoms with Gasteiger partial charge in [0.05, 0.1) is 17.6 Å². The number of aromatic nitrogens is 2. The van der Waals surface area contributed by atoms with Crippen molar-refractivity contribution >= 4 is 6.29 Å². The molecule has 3 nitrogen and oxygen atoms in total. The van der Waals surface area contributed by atoms with Gasteiger partial charge >= 0.3 is 0 Å². The fourth-order valence-electron chi connectivity index (χ4n) is 1.40. The molecular formula is C11H10N2O. The SMILES string of the molecule is Cc1cncc(-n2cccc2C=O)c1. The minimum atomic E-state index is 0.636. The molecule has 0 aromatic carbocycles. The zero-order valence-electron chi connectivity index (χ0n) is 7.84. The van der Waals surface area contributed by atoms with Gasteiger partial charge in [-0.25, -0.2) is 0 Å². The predicted octanol–water partition coefficient (Wildman–Crippen LogP) is 1.99. The zero-order chi connectivity index (χ0) is 9.97. The lowest BCUT2D eigenvalue weighted by Gasteiger charge is -2.04. The van der Waals surface area contributed by atoms with Crippen LogP contribution in [0.3, 0.4) is 0 Å². The Hall–Kier alpha value is -1.90. The highest BCUT2D eigenvalue weighted by Crippen LogP contribution is 2.11. The van der Waals surface area contributed by atoms with Crippen LogP contribution in [0, 0.1) is 6.92 Å². The number of hydrogen-bond donors (Lipinski definition) is 0. The highest BCUT2D eigenvalue weighted by atomic mass is 16.1. The summed E-state index contributed by atoms with van der Waals surface area (Å²) in [6.45, 7) is 1.97. The Labute approximate surface area is 82.0 Å². The maximum atomic E-state index is 10.7. The number of aryl methyl sites for hydroxylation is 1. The van der Waals surface area contributed by atoms with Crippen molar-refractivity contribution < 1.29 is 4.79 Å². The first-order chi connectivity index (χ1) is 6.81. The van der Waals surface area contributed by atoms with Crippen molar-refractivity contribution in [1.82, 2.24) is 9.55 Å². The number of aldehydes is 1. The van der Waals surface area contributed by atoms with Crippen molar-refractivity contribution in [3.8, 4) is 5.69 Å². The van der Waals surface area contributed by atoms with Gasteiger partial charge in [0.25, 0.3) is 0 Å². The molecule has 0 aliphatic carbocycles. The molecule has 2 aromatic rings. The maximum absolute atomic E-state index is 10.7. The van der Waals surface area contributed by atoms with E-state index in [0.29, 0.717) is 5.69 Å². The normalized spacial score (nSPS) is 10.1. The summed E-state index contributed by atoms with van der Waals surface area (Å²) in [5.41, 5.74) is 2.63. The van der Waals surface area contributed by atoms with Crippen LogP contribution in [-0.4, -0.2) is 15.8 Å². The van der Waals surface area contributed by atoms with E-state index in [2.05, 4.69) is 4.98 Å². The third-order valence-electron chi connectivity index (χ3n) is 2.04. The molecule has 2 heterocycles. The summed E-state index contributed by atoms with van der Waals surface area (Å²) in [7, 11) is 0. The van der Waals surface area contributed by atoms with Gasteiger partial charge in [-0.1, -0.05) is 0 Å². The molecule has 3 heteroatoms. The summed E-state index contributed by atoms with van der Waals surface area (Å²) < 4.78 is 1.81. The summed E-state index contributed by atoms with van der Waals surface area (Å²) in [6.07, 6.45) is 6.20. The molecule has 0 unspecified atom stereocenters. The third-order valence-corrected chi connectivity index (χ3v) is 2.04. The average Bonchev–Trinajstić information content (AvgIpc) is 2.65. The van der Waals surface area contributed by atoms with Crippen molar-refractivity contribution in [1.29, 1.82) is 0 Å². The molecule has 0 fully saturated rings. The molecule has 0 radical (unpaired) electrons. The summed E-state index contributed by atoms with van der Waals surface area (Å²) in [4.78, 5) is 14.8. The van der Waals surface area contributed by atoms with Crippen LogP contribution in [0.15, 0.2) is 36.8 Å². The van der Waals surface area contributed by atoms with E-state index in [-0.39, 0.29) is 0 Å². The Morgan fingerprint density at radius 1 is 1.43 bits per heavy atom. The molecule has 0 atom stereocenters. The topological polar surface area (TPSA) is 34.9 Å². The van der Waals surface area contributed by atoms with Gasteiger partial charge < -0.3 is 4.57 Å². The third kappa shape index (κ3) is 1.44. The summed E-state index contributed by atoms with van der Waals surface area (Å²) in [5.74, 6) is 0. The second-order valence-electron chi connectivity index (χ2n) is 3.14. The minimum Gasteiger partial charge on any atom is -0.313 e. The Bertz CT molecular complexity index is 460.